The number of hydrogen-bond donors (Lipinski definition) is 1. The highest BCUT2D eigenvalue weighted by Crippen LogP contribution is 2.22. The molecule has 134 valence electrons. The van der Waals surface area contributed by atoms with Crippen LogP contribution in [-0.2, 0) is 4.79 Å². The van der Waals surface area contributed by atoms with Crippen molar-refractivity contribution in [2.45, 2.75) is 20.8 Å². The summed E-state index contributed by atoms with van der Waals surface area (Å²) in [6.45, 7) is 5.47. The lowest BCUT2D eigenvalue weighted by molar-refractivity contribution is -0.119. The van der Waals surface area contributed by atoms with E-state index in [1.165, 1.54) is 29.5 Å². The van der Waals surface area contributed by atoms with Crippen molar-refractivity contribution in [3.63, 3.8) is 0 Å². The van der Waals surface area contributed by atoms with E-state index >= 15 is 0 Å². The van der Waals surface area contributed by atoms with Crippen LogP contribution < -0.4 is 14.8 Å². The highest BCUT2D eigenvalue weighted by atomic mass is 32.1. The minimum absolute atomic E-state index is 0.0573. The van der Waals surface area contributed by atoms with E-state index < -0.39 is 5.41 Å². The van der Waals surface area contributed by atoms with Crippen LogP contribution in [0.1, 0.15) is 26.5 Å². The first-order valence-corrected chi connectivity index (χ1v) is 8.87. The van der Waals surface area contributed by atoms with Crippen molar-refractivity contribution in [3.05, 3.63) is 67.5 Å². The lowest BCUT2D eigenvalue weighted by atomic mass is 9.91. The van der Waals surface area contributed by atoms with Crippen LogP contribution in [0.15, 0.2) is 45.6 Å². The molecule has 0 unspecified atom stereocenters. The van der Waals surface area contributed by atoms with E-state index in [1.807, 2.05) is 20.8 Å². The van der Waals surface area contributed by atoms with Crippen molar-refractivity contribution in [1.29, 1.82) is 0 Å². The second kappa shape index (κ2) is 6.88. The van der Waals surface area contributed by atoms with Crippen LogP contribution in [-0.4, -0.2) is 10.8 Å². The maximum atomic E-state index is 13.0. The summed E-state index contributed by atoms with van der Waals surface area (Å²) < 4.78 is 19.7. The van der Waals surface area contributed by atoms with Crippen molar-refractivity contribution in [3.8, 4) is 11.3 Å². The zero-order valence-electron chi connectivity index (χ0n) is 14.6. The molecule has 2 heterocycles. The molecule has 0 aliphatic heterocycles. The van der Waals surface area contributed by atoms with Crippen molar-refractivity contribution in [2.75, 3.05) is 0 Å². The summed E-state index contributed by atoms with van der Waals surface area (Å²) >= 11 is 1.20. The van der Waals surface area contributed by atoms with Gasteiger partial charge in [0.1, 0.15) is 17.3 Å². The van der Waals surface area contributed by atoms with E-state index in [1.54, 1.807) is 30.3 Å². The molecule has 0 fully saturated rings. The molecule has 0 spiro atoms. The molecular weight excluding hydrogens is 353 g/mol. The van der Waals surface area contributed by atoms with Crippen LogP contribution in [0.3, 0.4) is 0 Å². The third kappa shape index (κ3) is 4.08. The third-order valence-corrected chi connectivity index (χ3v) is 4.67. The Morgan fingerprint density at radius 3 is 2.50 bits per heavy atom. The maximum absolute atomic E-state index is 13.0. The molecule has 0 amide bonds. The van der Waals surface area contributed by atoms with E-state index in [0.717, 1.165) is 5.56 Å². The SMILES string of the molecule is CC(C)(C)C(=O)/C=c1/[nH]c(=O)/c(=C/c2ccc(-c3ccc(F)cc3)o2)s1. The fraction of sp³-hybridized carbons (Fsp3) is 0.200. The van der Waals surface area contributed by atoms with Gasteiger partial charge in [-0.1, -0.05) is 20.8 Å². The van der Waals surface area contributed by atoms with Crippen molar-refractivity contribution < 1.29 is 13.6 Å². The van der Waals surface area contributed by atoms with Crippen LogP contribution in [0.2, 0.25) is 0 Å². The Morgan fingerprint density at radius 1 is 1.15 bits per heavy atom. The fourth-order valence-electron chi connectivity index (χ4n) is 2.19. The number of carbonyl (C=O) groups excluding carboxylic acids is 1. The fourth-order valence-corrected chi connectivity index (χ4v) is 3.05. The van der Waals surface area contributed by atoms with Crippen LogP contribution >= 0.6 is 11.3 Å². The molecule has 3 rings (SSSR count). The number of benzene rings is 1. The number of aromatic nitrogens is 1. The van der Waals surface area contributed by atoms with Crippen LogP contribution in [0, 0.1) is 11.2 Å². The molecule has 0 aliphatic carbocycles. The first kappa shape index (κ1) is 18.1. The Hall–Kier alpha value is -2.73. The maximum Gasteiger partial charge on any atom is 0.266 e. The van der Waals surface area contributed by atoms with Gasteiger partial charge in [0, 0.05) is 23.1 Å². The predicted octanol–water partition coefficient (Wildman–Crippen LogP) is 3.06. The van der Waals surface area contributed by atoms with Gasteiger partial charge in [-0.05, 0) is 36.4 Å². The molecule has 1 aromatic carbocycles. The molecule has 3 aromatic rings. The van der Waals surface area contributed by atoms with E-state index in [4.69, 9.17) is 4.42 Å². The number of hydrogen-bond acceptors (Lipinski definition) is 4. The van der Waals surface area contributed by atoms with Gasteiger partial charge in [0.05, 0.1) is 9.20 Å². The van der Waals surface area contributed by atoms with Gasteiger partial charge in [-0.15, -0.1) is 11.3 Å². The van der Waals surface area contributed by atoms with Gasteiger partial charge in [0.15, 0.2) is 5.78 Å². The number of Topliss-reactive ketones (excluding diaryl/α,β-unsaturated/α-hetero) is 1. The molecule has 0 saturated carbocycles. The molecule has 0 bridgehead atoms. The van der Waals surface area contributed by atoms with Crippen LogP contribution in [0.4, 0.5) is 4.39 Å². The minimum Gasteiger partial charge on any atom is -0.457 e. The number of aromatic amines is 1. The number of nitrogens with one attached hydrogen (secondary N) is 1. The molecular formula is C20H18FNO3S. The van der Waals surface area contributed by atoms with E-state index in [0.29, 0.717) is 20.7 Å². The van der Waals surface area contributed by atoms with Gasteiger partial charge in [0.2, 0.25) is 0 Å². The topological polar surface area (TPSA) is 63.1 Å². The quantitative estimate of drug-likeness (QED) is 0.770. The number of furan rings is 1. The first-order valence-electron chi connectivity index (χ1n) is 8.05. The molecule has 6 heteroatoms. The Bertz CT molecular complexity index is 1110. The van der Waals surface area contributed by atoms with Crippen molar-refractivity contribution >= 4 is 29.3 Å². The van der Waals surface area contributed by atoms with Crippen LogP contribution in [0.25, 0.3) is 23.5 Å². The summed E-state index contributed by atoms with van der Waals surface area (Å²) in [4.78, 5) is 26.9. The van der Waals surface area contributed by atoms with Crippen LogP contribution in [0.5, 0.6) is 0 Å². The molecule has 2 aromatic heterocycles. The molecule has 0 aliphatic rings. The summed E-state index contributed by atoms with van der Waals surface area (Å²) in [5, 5.41) is 0. The zero-order chi connectivity index (χ0) is 18.9. The number of carbonyl (C=O) groups is 1. The second-order valence-electron chi connectivity index (χ2n) is 6.90. The summed E-state index contributed by atoms with van der Waals surface area (Å²) in [6, 6.07) is 9.47. The number of thiazole rings is 1. The Kier molecular flexibility index (Phi) is 4.78. The van der Waals surface area contributed by atoms with Gasteiger partial charge in [-0.3, -0.25) is 9.59 Å². The second-order valence-corrected chi connectivity index (χ2v) is 7.98. The summed E-state index contributed by atoms with van der Waals surface area (Å²) in [5.41, 5.74) is -0.0332. The van der Waals surface area contributed by atoms with E-state index in [2.05, 4.69) is 4.98 Å². The molecule has 4 nitrogen and oxygen atoms in total. The smallest absolute Gasteiger partial charge is 0.266 e. The van der Waals surface area contributed by atoms with Gasteiger partial charge in [-0.25, -0.2) is 4.39 Å². The lowest BCUT2D eigenvalue weighted by Crippen LogP contribution is -2.22. The monoisotopic (exact) mass is 371 g/mol. The Labute approximate surface area is 153 Å². The molecule has 1 N–H and O–H groups in total. The summed E-state index contributed by atoms with van der Waals surface area (Å²) in [7, 11) is 0. The summed E-state index contributed by atoms with van der Waals surface area (Å²) in [5.74, 6) is 0.716. The van der Waals surface area contributed by atoms with Gasteiger partial charge < -0.3 is 9.40 Å². The largest absolute Gasteiger partial charge is 0.457 e. The van der Waals surface area contributed by atoms with Gasteiger partial charge in [0.25, 0.3) is 5.56 Å². The molecule has 0 radical (unpaired) electrons. The summed E-state index contributed by atoms with van der Waals surface area (Å²) in [6.07, 6.45) is 3.07. The standard InChI is InChI=1S/C20H18FNO3S/c1-20(2,3)17(23)11-18-22-19(24)16(26-18)10-14-8-9-15(25-14)12-4-6-13(21)7-5-12/h4-11H,1-3H3,(H,22,24)/b16-10-,18-11-. The lowest BCUT2D eigenvalue weighted by Gasteiger charge is -2.12. The zero-order valence-corrected chi connectivity index (χ0v) is 15.4. The third-order valence-electron chi connectivity index (χ3n) is 3.71. The number of rotatable bonds is 3. The minimum atomic E-state index is -0.504. The normalized spacial score (nSPS) is 13.4. The average molecular weight is 371 g/mol. The average Bonchev–Trinajstić information content (AvgIpc) is 3.15. The Morgan fingerprint density at radius 2 is 1.85 bits per heavy atom. The van der Waals surface area contributed by atoms with E-state index in [9.17, 15) is 14.0 Å². The van der Waals surface area contributed by atoms with Gasteiger partial charge >= 0.3 is 0 Å². The van der Waals surface area contributed by atoms with Gasteiger partial charge in [-0.2, -0.15) is 0 Å². The first-order chi connectivity index (χ1) is 12.2. The van der Waals surface area contributed by atoms with E-state index in [-0.39, 0.29) is 17.2 Å². The number of halogens is 1. The van der Waals surface area contributed by atoms with Crippen molar-refractivity contribution in [2.24, 2.45) is 5.41 Å². The highest BCUT2D eigenvalue weighted by molar-refractivity contribution is 7.07. The number of ketones is 1. The predicted molar refractivity (Wildman–Crippen MR) is 101 cm³/mol. The van der Waals surface area contributed by atoms with Crippen molar-refractivity contribution in [1.82, 2.24) is 4.98 Å². The number of H-pyrrole nitrogens is 1. The molecule has 26 heavy (non-hydrogen) atoms. The molecule has 0 saturated heterocycles. The molecule has 0 atom stereocenters. The highest BCUT2D eigenvalue weighted by Gasteiger charge is 2.18. The Balaban J connectivity index is 1.94.